The van der Waals surface area contributed by atoms with Crippen LogP contribution in [0.15, 0.2) is 22.7 Å². The predicted octanol–water partition coefficient (Wildman–Crippen LogP) is 3.29. The molecule has 2 aliphatic rings. The maximum Gasteiger partial charge on any atom is 0.258 e. The molecule has 108 valence electrons. The number of amides is 1. The molecular formula is C17H18N2O2. The van der Waals surface area contributed by atoms with E-state index in [1.165, 1.54) is 24.0 Å². The highest BCUT2D eigenvalue weighted by Crippen LogP contribution is 2.29. The summed E-state index contributed by atoms with van der Waals surface area (Å²) < 4.78 is 5.26. The molecule has 1 heterocycles. The van der Waals surface area contributed by atoms with Crippen molar-refractivity contribution in [3.8, 4) is 0 Å². The van der Waals surface area contributed by atoms with Gasteiger partial charge in [-0.05, 0) is 68.2 Å². The van der Waals surface area contributed by atoms with Gasteiger partial charge < -0.3 is 4.52 Å². The minimum Gasteiger partial charge on any atom is -0.338 e. The zero-order chi connectivity index (χ0) is 14.2. The zero-order valence-electron chi connectivity index (χ0n) is 11.9. The largest absolute Gasteiger partial charge is 0.338 e. The average molecular weight is 282 g/mol. The van der Waals surface area contributed by atoms with Crippen LogP contribution in [0.3, 0.4) is 0 Å². The molecule has 2 aliphatic carbocycles. The Morgan fingerprint density at radius 3 is 2.81 bits per heavy atom. The first-order valence-electron chi connectivity index (χ1n) is 7.72. The van der Waals surface area contributed by atoms with E-state index >= 15 is 0 Å². The van der Waals surface area contributed by atoms with Crippen molar-refractivity contribution in [2.45, 2.75) is 44.9 Å². The van der Waals surface area contributed by atoms with E-state index in [1.807, 2.05) is 12.1 Å². The van der Waals surface area contributed by atoms with Crippen LogP contribution in [0.4, 0.5) is 5.88 Å². The van der Waals surface area contributed by atoms with Crippen LogP contribution in [0.25, 0.3) is 0 Å². The summed E-state index contributed by atoms with van der Waals surface area (Å²) in [4.78, 5) is 12.4. The topological polar surface area (TPSA) is 55.1 Å². The maximum atomic E-state index is 12.4. The van der Waals surface area contributed by atoms with Gasteiger partial charge >= 0.3 is 0 Å². The van der Waals surface area contributed by atoms with Crippen LogP contribution < -0.4 is 5.32 Å². The number of benzene rings is 1. The summed E-state index contributed by atoms with van der Waals surface area (Å²) in [5.74, 6) is 0.430. The summed E-state index contributed by atoms with van der Waals surface area (Å²) in [5, 5.41) is 6.90. The molecule has 0 spiro atoms. The number of aryl methyl sites for hydroxylation is 3. The Morgan fingerprint density at radius 2 is 1.90 bits per heavy atom. The van der Waals surface area contributed by atoms with Gasteiger partial charge in [-0.3, -0.25) is 10.1 Å². The molecule has 4 heteroatoms. The smallest absolute Gasteiger partial charge is 0.258 e. The van der Waals surface area contributed by atoms with Gasteiger partial charge in [-0.1, -0.05) is 11.2 Å². The number of carbonyl (C=O) groups is 1. The van der Waals surface area contributed by atoms with Crippen molar-refractivity contribution in [3.05, 3.63) is 46.1 Å². The first-order valence-corrected chi connectivity index (χ1v) is 7.72. The fourth-order valence-corrected chi connectivity index (χ4v) is 3.38. The first-order chi connectivity index (χ1) is 10.3. The van der Waals surface area contributed by atoms with Crippen LogP contribution in [0.2, 0.25) is 0 Å². The number of hydrogen-bond acceptors (Lipinski definition) is 3. The number of nitrogens with one attached hydrogen (secondary N) is 1. The van der Waals surface area contributed by atoms with Crippen molar-refractivity contribution in [3.63, 3.8) is 0 Å². The van der Waals surface area contributed by atoms with E-state index in [9.17, 15) is 4.79 Å². The van der Waals surface area contributed by atoms with Crippen LogP contribution in [0.1, 0.15) is 52.0 Å². The highest BCUT2D eigenvalue weighted by atomic mass is 16.5. The quantitative estimate of drug-likeness (QED) is 0.919. The number of hydrogen-bond donors (Lipinski definition) is 1. The Hall–Kier alpha value is -2.10. The van der Waals surface area contributed by atoms with Gasteiger partial charge in [0.2, 0.25) is 5.88 Å². The summed E-state index contributed by atoms with van der Waals surface area (Å²) in [7, 11) is 0. The second kappa shape index (κ2) is 5.02. The van der Waals surface area contributed by atoms with E-state index in [0.717, 1.165) is 43.4 Å². The number of aromatic nitrogens is 1. The molecule has 1 aromatic heterocycles. The fraction of sp³-hybridized carbons (Fsp3) is 0.412. The highest BCUT2D eigenvalue weighted by Gasteiger charge is 2.23. The zero-order valence-corrected chi connectivity index (χ0v) is 11.9. The van der Waals surface area contributed by atoms with Crippen molar-refractivity contribution >= 4 is 11.8 Å². The molecule has 4 rings (SSSR count). The molecule has 21 heavy (non-hydrogen) atoms. The number of rotatable bonds is 2. The number of anilines is 1. The molecule has 0 aliphatic heterocycles. The van der Waals surface area contributed by atoms with Gasteiger partial charge in [0.25, 0.3) is 5.91 Å². The third-order valence-electron chi connectivity index (χ3n) is 4.55. The molecule has 4 nitrogen and oxygen atoms in total. The Labute approximate surface area is 123 Å². The monoisotopic (exact) mass is 282 g/mol. The van der Waals surface area contributed by atoms with Gasteiger partial charge in [-0.2, -0.15) is 0 Å². The second-order valence-corrected chi connectivity index (χ2v) is 5.94. The predicted molar refractivity (Wildman–Crippen MR) is 79.6 cm³/mol. The van der Waals surface area contributed by atoms with Gasteiger partial charge in [0, 0.05) is 11.1 Å². The van der Waals surface area contributed by atoms with E-state index in [4.69, 9.17) is 4.52 Å². The van der Waals surface area contributed by atoms with Crippen LogP contribution in [0, 0.1) is 0 Å². The van der Waals surface area contributed by atoms with Crippen molar-refractivity contribution < 1.29 is 9.32 Å². The van der Waals surface area contributed by atoms with Gasteiger partial charge in [-0.25, -0.2) is 0 Å². The lowest BCUT2D eigenvalue weighted by molar-refractivity contribution is 0.102. The third-order valence-corrected chi connectivity index (χ3v) is 4.55. The Balaban J connectivity index is 1.57. The Bertz CT molecular complexity index is 703. The van der Waals surface area contributed by atoms with E-state index in [-0.39, 0.29) is 5.91 Å². The molecule has 1 N–H and O–H groups in total. The van der Waals surface area contributed by atoms with Gasteiger partial charge in [0.1, 0.15) is 0 Å². The van der Waals surface area contributed by atoms with Crippen molar-refractivity contribution in [2.75, 3.05) is 5.32 Å². The Morgan fingerprint density at radius 1 is 1.05 bits per heavy atom. The van der Waals surface area contributed by atoms with Gasteiger partial charge in [-0.15, -0.1) is 0 Å². The lowest BCUT2D eigenvalue weighted by Crippen LogP contribution is -2.14. The number of carbonyl (C=O) groups excluding carboxylic acids is 1. The van der Waals surface area contributed by atoms with Crippen LogP contribution in [-0.2, 0) is 25.7 Å². The van der Waals surface area contributed by atoms with Gasteiger partial charge in [0.05, 0.1) is 5.69 Å². The number of nitrogens with zero attached hydrogens (tertiary/aromatic N) is 1. The van der Waals surface area contributed by atoms with Crippen LogP contribution in [-0.4, -0.2) is 11.1 Å². The van der Waals surface area contributed by atoms with E-state index in [0.29, 0.717) is 11.4 Å². The normalized spacial score (nSPS) is 16.4. The molecule has 0 fully saturated rings. The second-order valence-electron chi connectivity index (χ2n) is 5.94. The summed E-state index contributed by atoms with van der Waals surface area (Å²) in [6, 6.07) is 6.03. The minimum atomic E-state index is -0.103. The summed E-state index contributed by atoms with van der Waals surface area (Å²) >= 11 is 0. The lowest BCUT2D eigenvalue weighted by atomic mass is 9.90. The molecule has 0 saturated heterocycles. The highest BCUT2D eigenvalue weighted by molar-refractivity contribution is 6.04. The van der Waals surface area contributed by atoms with Crippen molar-refractivity contribution in [1.82, 2.24) is 5.16 Å². The molecule has 1 amide bonds. The molecule has 0 atom stereocenters. The van der Waals surface area contributed by atoms with Crippen LogP contribution in [0.5, 0.6) is 0 Å². The molecule has 0 radical (unpaired) electrons. The van der Waals surface area contributed by atoms with E-state index in [2.05, 4.69) is 16.5 Å². The summed E-state index contributed by atoms with van der Waals surface area (Å²) in [6.07, 6.45) is 7.67. The molecule has 0 saturated carbocycles. The first kappa shape index (κ1) is 12.6. The summed E-state index contributed by atoms with van der Waals surface area (Å²) in [5.41, 5.74) is 5.48. The molecule has 0 bridgehead atoms. The summed E-state index contributed by atoms with van der Waals surface area (Å²) in [6.45, 7) is 0. The molecule has 1 aromatic carbocycles. The number of fused-ring (bicyclic) bond motifs is 2. The van der Waals surface area contributed by atoms with E-state index in [1.54, 1.807) is 0 Å². The standard InChI is InChI=1S/C17H18N2O2/c20-16(18-17-14-6-3-7-15(14)19-21-17)13-9-8-11-4-1-2-5-12(11)10-13/h8-10H,1-7H2,(H,18,20). The van der Waals surface area contributed by atoms with Crippen molar-refractivity contribution in [1.29, 1.82) is 0 Å². The average Bonchev–Trinajstić information content (AvgIpc) is 3.12. The van der Waals surface area contributed by atoms with Crippen molar-refractivity contribution in [2.24, 2.45) is 0 Å². The third kappa shape index (κ3) is 2.24. The van der Waals surface area contributed by atoms with Gasteiger partial charge in [0.15, 0.2) is 0 Å². The Kier molecular flexibility index (Phi) is 3.02. The van der Waals surface area contributed by atoms with Crippen LogP contribution >= 0.6 is 0 Å². The maximum absolute atomic E-state index is 12.4. The molecule has 0 unspecified atom stereocenters. The molecule has 2 aromatic rings. The SMILES string of the molecule is O=C(Nc1onc2c1CCC2)c1ccc2c(c1)CCCC2. The van der Waals surface area contributed by atoms with E-state index < -0.39 is 0 Å². The fourth-order valence-electron chi connectivity index (χ4n) is 3.38. The lowest BCUT2D eigenvalue weighted by Gasteiger charge is -2.16. The molecular weight excluding hydrogens is 264 g/mol. The minimum absolute atomic E-state index is 0.103.